The highest BCUT2D eigenvalue weighted by Gasteiger charge is 2.51. The molecule has 0 aromatic heterocycles. The van der Waals surface area contributed by atoms with E-state index in [9.17, 15) is 10.1 Å². The van der Waals surface area contributed by atoms with Gasteiger partial charge in [-0.25, -0.2) is 0 Å². The van der Waals surface area contributed by atoms with Crippen molar-refractivity contribution < 1.29 is 4.79 Å². The van der Waals surface area contributed by atoms with Crippen molar-refractivity contribution in [3.63, 3.8) is 0 Å². The third-order valence-electron chi connectivity index (χ3n) is 4.40. The second-order valence-electron chi connectivity index (χ2n) is 6.20. The fraction of sp³-hybridized carbons (Fsp3) is 0.857. The summed E-state index contributed by atoms with van der Waals surface area (Å²) in [5.41, 5.74) is -0.690. The molecule has 2 aliphatic rings. The van der Waals surface area contributed by atoms with Crippen molar-refractivity contribution in [2.75, 3.05) is 6.54 Å². The molecule has 1 amide bonds. The summed E-state index contributed by atoms with van der Waals surface area (Å²) < 4.78 is 0. The van der Waals surface area contributed by atoms with Gasteiger partial charge in [0.1, 0.15) is 5.41 Å². The molecule has 1 saturated heterocycles. The maximum Gasteiger partial charge on any atom is 0.243 e. The van der Waals surface area contributed by atoms with Crippen molar-refractivity contribution in [2.24, 2.45) is 17.3 Å². The molecule has 0 spiro atoms. The molecule has 1 heterocycles. The fourth-order valence-electron chi connectivity index (χ4n) is 3.29. The Bertz CT molecular complexity index is 352. The Morgan fingerprint density at radius 3 is 2.41 bits per heavy atom. The van der Waals surface area contributed by atoms with Gasteiger partial charge in [0.25, 0.3) is 0 Å². The van der Waals surface area contributed by atoms with Crippen molar-refractivity contribution in [3.05, 3.63) is 0 Å². The smallest absolute Gasteiger partial charge is 0.243 e. The molecule has 2 fully saturated rings. The molecule has 0 aromatic rings. The van der Waals surface area contributed by atoms with Crippen LogP contribution in [0.25, 0.3) is 0 Å². The summed E-state index contributed by atoms with van der Waals surface area (Å²) in [7, 11) is 0. The maximum atomic E-state index is 12.5. The zero-order valence-corrected chi connectivity index (χ0v) is 11.1. The van der Waals surface area contributed by atoms with E-state index in [1.165, 1.54) is 6.42 Å². The van der Waals surface area contributed by atoms with Crippen LogP contribution in [0.4, 0.5) is 0 Å². The molecular formula is C14H22N2O. The number of carbonyl (C=O) groups is 1. The molecule has 1 aliphatic carbocycles. The van der Waals surface area contributed by atoms with Gasteiger partial charge in [0, 0.05) is 12.6 Å². The largest absolute Gasteiger partial charge is 0.338 e. The first-order valence-electron chi connectivity index (χ1n) is 6.71. The number of hydrogen-bond donors (Lipinski definition) is 0. The lowest BCUT2D eigenvalue weighted by Crippen LogP contribution is -2.55. The van der Waals surface area contributed by atoms with Gasteiger partial charge in [-0.2, -0.15) is 5.26 Å². The topological polar surface area (TPSA) is 44.1 Å². The molecule has 1 saturated carbocycles. The van der Waals surface area contributed by atoms with Gasteiger partial charge in [0.15, 0.2) is 0 Å². The highest BCUT2D eigenvalue weighted by Crippen LogP contribution is 2.47. The summed E-state index contributed by atoms with van der Waals surface area (Å²) in [6.45, 7) is 7.24. The van der Waals surface area contributed by atoms with Crippen LogP contribution >= 0.6 is 0 Å². The Hall–Kier alpha value is -1.04. The predicted molar refractivity (Wildman–Crippen MR) is 66.0 cm³/mol. The fourth-order valence-corrected chi connectivity index (χ4v) is 3.29. The van der Waals surface area contributed by atoms with Gasteiger partial charge in [0.2, 0.25) is 5.91 Å². The number of piperidine rings is 1. The Labute approximate surface area is 104 Å². The highest BCUT2D eigenvalue weighted by atomic mass is 16.2. The van der Waals surface area contributed by atoms with Gasteiger partial charge >= 0.3 is 0 Å². The Morgan fingerprint density at radius 2 is 1.88 bits per heavy atom. The van der Waals surface area contributed by atoms with Gasteiger partial charge in [-0.1, -0.05) is 13.8 Å². The van der Waals surface area contributed by atoms with Crippen LogP contribution in [-0.2, 0) is 4.79 Å². The first-order chi connectivity index (χ1) is 7.98. The van der Waals surface area contributed by atoms with Gasteiger partial charge in [-0.15, -0.1) is 0 Å². The first-order valence-corrected chi connectivity index (χ1v) is 6.71. The van der Waals surface area contributed by atoms with E-state index in [1.54, 1.807) is 0 Å². The van der Waals surface area contributed by atoms with E-state index >= 15 is 0 Å². The highest BCUT2D eigenvalue weighted by molar-refractivity contribution is 5.87. The molecule has 3 heteroatoms. The standard InChI is InChI=1S/C14H22N2O/c1-10-4-5-12(3)16(8-10)13(17)14(9-15)6-11(2)7-14/h10-12H,4-8H2,1-3H3. The molecule has 0 N–H and O–H groups in total. The van der Waals surface area contributed by atoms with E-state index in [1.807, 2.05) is 4.90 Å². The van der Waals surface area contributed by atoms with Crippen LogP contribution in [0, 0.1) is 28.6 Å². The second-order valence-corrected chi connectivity index (χ2v) is 6.20. The molecule has 2 atom stereocenters. The van der Waals surface area contributed by atoms with E-state index in [0.717, 1.165) is 25.8 Å². The number of hydrogen-bond acceptors (Lipinski definition) is 2. The monoisotopic (exact) mass is 234 g/mol. The Morgan fingerprint density at radius 1 is 1.24 bits per heavy atom. The zero-order valence-electron chi connectivity index (χ0n) is 11.1. The van der Waals surface area contributed by atoms with Crippen LogP contribution in [-0.4, -0.2) is 23.4 Å². The maximum absolute atomic E-state index is 12.5. The Kier molecular flexibility index (Phi) is 3.16. The van der Waals surface area contributed by atoms with Crippen LogP contribution < -0.4 is 0 Å². The molecule has 94 valence electrons. The van der Waals surface area contributed by atoms with E-state index in [4.69, 9.17) is 0 Å². The predicted octanol–water partition coefficient (Wildman–Crippen LogP) is 2.57. The molecule has 1 aliphatic heterocycles. The molecule has 3 nitrogen and oxygen atoms in total. The van der Waals surface area contributed by atoms with E-state index in [-0.39, 0.29) is 5.91 Å². The van der Waals surface area contributed by atoms with Crippen LogP contribution in [0.2, 0.25) is 0 Å². The molecule has 17 heavy (non-hydrogen) atoms. The average molecular weight is 234 g/mol. The van der Waals surface area contributed by atoms with Crippen molar-refractivity contribution in [2.45, 2.75) is 52.5 Å². The summed E-state index contributed by atoms with van der Waals surface area (Å²) in [6, 6.07) is 2.59. The number of likely N-dealkylation sites (tertiary alicyclic amines) is 1. The summed E-state index contributed by atoms with van der Waals surface area (Å²) in [4.78, 5) is 14.5. The lowest BCUT2D eigenvalue weighted by molar-refractivity contribution is -0.149. The third-order valence-corrected chi connectivity index (χ3v) is 4.40. The minimum absolute atomic E-state index is 0.0946. The van der Waals surface area contributed by atoms with E-state index < -0.39 is 5.41 Å². The van der Waals surface area contributed by atoms with Gasteiger partial charge in [-0.3, -0.25) is 4.79 Å². The summed E-state index contributed by atoms with van der Waals surface area (Å²) >= 11 is 0. The van der Waals surface area contributed by atoms with E-state index in [0.29, 0.717) is 17.9 Å². The minimum atomic E-state index is -0.690. The summed E-state index contributed by atoms with van der Waals surface area (Å²) in [5.74, 6) is 1.19. The average Bonchev–Trinajstić information content (AvgIpc) is 2.27. The van der Waals surface area contributed by atoms with Crippen LogP contribution in [0.3, 0.4) is 0 Å². The third kappa shape index (κ3) is 2.06. The Balaban J connectivity index is 2.11. The normalized spacial score (nSPS) is 41.5. The number of carbonyl (C=O) groups excluding carboxylic acids is 1. The van der Waals surface area contributed by atoms with Crippen molar-refractivity contribution in [1.29, 1.82) is 5.26 Å². The van der Waals surface area contributed by atoms with Crippen molar-refractivity contribution >= 4 is 5.91 Å². The van der Waals surface area contributed by atoms with Gasteiger partial charge in [0.05, 0.1) is 6.07 Å². The minimum Gasteiger partial charge on any atom is -0.338 e. The number of nitriles is 1. The number of rotatable bonds is 1. The van der Waals surface area contributed by atoms with E-state index in [2.05, 4.69) is 26.8 Å². The van der Waals surface area contributed by atoms with Gasteiger partial charge in [-0.05, 0) is 44.4 Å². The molecule has 2 rings (SSSR count). The van der Waals surface area contributed by atoms with Crippen LogP contribution in [0.1, 0.15) is 46.5 Å². The molecule has 2 unspecified atom stereocenters. The SMILES string of the molecule is CC1CCC(C)N(C(=O)C2(C#N)CC(C)C2)C1. The van der Waals surface area contributed by atoms with Crippen LogP contribution in [0.5, 0.6) is 0 Å². The number of amides is 1. The lowest BCUT2D eigenvalue weighted by Gasteiger charge is -2.46. The second kappa shape index (κ2) is 4.33. The molecule has 0 radical (unpaired) electrons. The van der Waals surface area contributed by atoms with Gasteiger partial charge < -0.3 is 4.90 Å². The van der Waals surface area contributed by atoms with Crippen molar-refractivity contribution in [1.82, 2.24) is 4.90 Å². The van der Waals surface area contributed by atoms with Crippen molar-refractivity contribution in [3.8, 4) is 6.07 Å². The first kappa shape index (κ1) is 12.4. The summed E-state index contributed by atoms with van der Waals surface area (Å²) in [5, 5.41) is 9.31. The molecule has 0 aromatic carbocycles. The molecular weight excluding hydrogens is 212 g/mol. The zero-order chi connectivity index (χ0) is 12.6. The quantitative estimate of drug-likeness (QED) is 0.700. The number of nitrogens with zero attached hydrogens (tertiary/aromatic N) is 2. The lowest BCUT2D eigenvalue weighted by atomic mass is 9.62. The summed E-state index contributed by atoms with van der Waals surface area (Å²) in [6.07, 6.45) is 3.77. The molecule has 0 bridgehead atoms. The van der Waals surface area contributed by atoms with Crippen LogP contribution in [0.15, 0.2) is 0 Å².